The SMILES string of the molecule is CC.CC.Cc1ccc2c(c1)Oc1cc(C)ccc1N2c1cccc2ccccc12. The second-order valence-corrected chi connectivity index (χ2v) is 6.88. The minimum Gasteiger partial charge on any atom is -0.453 e. The van der Waals surface area contributed by atoms with E-state index in [2.05, 4.69) is 97.6 Å². The summed E-state index contributed by atoms with van der Waals surface area (Å²) in [4.78, 5) is 2.31. The summed E-state index contributed by atoms with van der Waals surface area (Å²) in [5.41, 5.74) is 5.70. The first-order valence-electron chi connectivity index (χ1n) is 10.9. The Morgan fingerprint density at radius 3 is 1.70 bits per heavy atom. The Morgan fingerprint density at radius 2 is 1.10 bits per heavy atom. The molecule has 2 nitrogen and oxygen atoms in total. The van der Waals surface area contributed by atoms with Gasteiger partial charge in [0.15, 0.2) is 11.5 Å². The van der Waals surface area contributed by atoms with Crippen molar-refractivity contribution in [2.45, 2.75) is 41.5 Å². The van der Waals surface area contributed by atoms with Crippen LogP contribution in [0.25, 0.3) is 10.8 Å². The monoisotopic (exact) mass is 397 g/mol. The third-order valence-corrected chi connectivity index (χ3v) is 4.94. The van der Waals surface area contributed by atoms with Crippen molar-refractivity contribution < 1.29 is 4.74 Å². The van der Waals surface area contributed by atoms with E-state index in [1.807, 2.05) is 27.7 Å². The maximum Gasteiger partial charge on any atom is 0.151 e. The van der Waals surface area contributed by atoms with Gasteiger partial charge < -0.3 is 9.64 Å². The van der Waals surface area contributed by atoms with Gasteiger partial charge in [0.25, 0.3) is 0 Å². The highest BCUT2D eigenvalue weighted by Gasteiger charge is 2.26. The summed E-state index contributed by atoms with van der Waals surface area (Å²) < 4.78 is 6.26. The zero-order chi connectivity index (χ0) is 21.7. The maximum atomic E-state index is 6.26. The van der Waals surface area contributed by atoms with Crippen LogP contribution in [0.4, 0.5) is 17.1 Å². The summed E-state index contributed by atoms with van der Waals surface area (Å²) in [6, 6.07) is 27.8. The largest absolute Gasteiger partial charge is 0.453 e. The quantitative estimate of drug-likeness (QED) is 0.280. The van der Waals surface area contributed by atoms with Crippen LogP contribution in [-0.2, 0) is 0 Å². The predicted octanol–water partition coefficient (Wildman–Crippen LogP) is 9.08. The third-order valence-electron chi connectivity index (χ3n) is 4.94. The summed E-state index contributed by atoms with van der Waals surface area (Å²) in [7, 11) is 0. The van der Waals surface area contributed by atoms with Gasteiger partial charge in [0, 0.05) is 5.39 Å². The molecule has 5 rings (SSSR count). The summed E-state index contributed by atoms with van der Waals surface area (Å²) in [5.74, 6) is 1.80. The second kappa shape index (κ2) is 9.49. The lowest BCUT2D eigenvalue weighted by Crippen LogP contribution is -2.16. The molecule has 2 heteroatoms. The Morgan fingerprint density at radius 1 is 0.567 bits per heavy atom. The normalized spacial score (nSPS) is 11.2. The van der Waals surface area contributed by atoms with Crippen molar-refractivity contribution in [3.05, 3.63) is 90.0 Å². The molecule has 1 aliphatic rings. The Labute approximate surface area is 180 Å². The molecule has 0 bridgehead atoms. The van der Waals surface area contributed by atoms with Crippen LogP contribution in [0.15, 0.2) is 78.9 Å². The zero-order valence-electron chi connectivity index (χ0n) is 18.9. The first kappa shape index (κ1) is 21.4. The lowest BCUT2D eigenvalue weighted by molar-refractivity contribution is 0.476. The Bertz CT molecular complexity index is 1090. The van der Waals surface area contributed by atoms with E-state index in [9.17, 15) is 0 Å². The second-order valence-electron chi connectivity index (χ2n) is 6.88. The van der Waals surface area contributed by atoms with Crippen molar-refractivity contribution in [2.75, 3.05) is 4.90 Å². The number of fused-ring (bicyclic) bond motifs is 3. The average Bonchev–Trinajstić information content (AvgIpc) is 2.79. The number of ether oxygens (including phenoxy) is 1. The van der Waals surface area contributed by atoms with Crippen LogP contribution in [0, 0.1) is 13.8 Å². The molecule has 154 valence electrons. The van der Waals surface area contributed by atoms with Crippen LogP contribution < -0.4 is 9.64 Å². The molecule has 0 N–H and O–H groups in total. The van der Waals surface area contributed by atoms with Crippen LogP contribution in [0.1, 0.15) is 38.8 Å². The lowest BCUT2D eigenvalue weighted by Gasteiger charge is -2.34. The summed E-state index contributed by atoms with van der Waals surface area (Å²) >= 11 is 0. The molecule has 0 radical (unpaired) electrons. The molecule has 0 spiro atoms. The summed E-state index contributed by atoms with van der Waals surface area (Å²) in [6.07, 6.45) is 0. The van der Waals surface area contributed by atoms with Gasteiger partial charge in [-0.05, 0) is 60.7 Å². The van der Waals surface area contributed by atoms with Crippen LogP contribution in [0.2, 0.25) is 0 Å². The number of hydrogen-bond donors (Lipinski definition) is 0. The molecule has 1 aliphatic heterocycles. The zero-order valence-corrected chi connectivity index (χ0v) is 18.9. The van der Waals surface area contributed by atoms with Crippen molar-refractivity contribution in [3.63, 3.8) is 0 Å². The highest BCUT2D eigenvalue weighted by atomic mass is 16.5. The van der Waals surface area contributed by atoms with Crippen molar-refractivity contribution in [1.82, 2.24) is 0 Å². The van der Waals surface area contributed by atoms with Gasteiger partial charge in [-0.25, -0.2) is 0 Å². The Hall–Kier alpha value is -3.26. The fraction of sp³-hybridized carbons (Fsp3) is 0.214. The molecule has 0 amide bonds. The van der Waals surface area contributed by atoms with Crippen molar-refractivity contribution in [1.29, 1.82) is 0 Å². The molecule has 0 saturated heterocycles. The van der Waals surface area contributed by atoms with E-state index in [0.29, 0.717) is 0 Å². The third kappa shape index (κ3) is 3.91. The fourth-order valence-corrected chi connectivity index (χ4v) is 3.69. The van der Waals surface area contributed by atoms with E-state index < -0.39 is 0 Å². The van der Waals surface area contributed by atoms with Crippen molar-refractivity contribution in [2.24, 2.45) is 0 Å². The molecular formula is C28H31NO. The van der Waals surface area contributed by atoms with Gasteiger partial charge in [0.2, 0.25) is 0 Å². The summed E-state index contributed by atoms with van der Waals surface area (Å²) in [5, 5.41) is 2.47. The minimum absolute atomic E-state index is 0.899. The van der Waals surface area contributed by atoms with E-state index in [1.54, 1.807) is 0 Å². The maximum absolute atomic E-state index is 6.26. The van der Waals surface area contributed by atoms with Crippen LogP contribution in [0.5, 0.6) is 11.5 Å². The molecular weight excluding hydrogens is 366 g/mol. The molecule has 0 saturated carbocycles. The smallest absolute Gasteiger partial charge is 0.151 e. The molecule has 0 aromatic heterocycles. The van der Waals surface area contributed by atoms with Gasteiger partial charge in [0.05, 0.1) is 17.1 Å². The molecule has 30 heavy (non-hydrogen) atoms. The van der Waals surface area contributed by atoms with E-state index in [4.69, 9.17) is 4.74 Å². The molecule has 0 aliphatic carbocycles. The lowest BCUT2D eigenvalue weighted by atomic mass is 10.0. The number of rotatable bonds is 1. The number of nitrogens with zero attached hydrogens (tertiary/aromatic N) is 1. The van der Waals surface area contributed by atoms with Gasteiger partial charge >= 0.3 is 0 Å². The average molecular weight is 398 g/mol. The molecule has 0 fully saturated rings. The van der Waals surface area contributed by atoms with Gasteiger partial charge in [-0.2, -0.15) is 0 Å². The van der Waals surface area contributed by atoms with Crippen LogP contribution >= 0.6 is 0 Å². The van der Waals surface area contributed by atoms with Crippen molar-refractivity contribution >= 4 is 27.8 Å². The van der Waals surface area contributed by atoms with Crippen molar-refractivity contribution in [3.8, 4) is 11.5 Å². The Kier molecular flexibility index (Phi) is 6.79. The fourth-order valence-electron chi connectivity index (χ4n) is 3.69. The van der Waals surface area contributed by atoms with Gasteiger partial charge in [0.1, 0.15) is 0 Å². The minimum atomic E-state index is 0.899. The van der Waals surface area contributed by atoms with E-state index >= 15 is 0 Å². The molecule has 4 aromatic rings. The number of benzene rings is 4. The van der Waals surface area contributed by atoms with Gasteiger partial charge in [-0.1, -0.05) is 76.2 Å². The molecule has 4 aromatic carbocycles. The number of aryl methyl sites for hydroxylation is 2. The number of anilines is 3. The summed E-state index contributed by atoms with van der Waals surface area (Å²) in [6.45, 7) is 12.2. The highest BCUT2D eigenvalue weighted by molar-refractivity contribution is 6.01. The Balaban J connectivity index is 0.000000606. The topological polar surface area (TPSA) is 12.5 Å². The van der Waals surface area contributed by atoms with Gasteiger partial charge in [-0.15, -0.1) is 0 Å². The van der Waals surface area contributed by atoms with E-state index in [0.717, 1.165) is 22.9 Å². The number of hydrogen-bond acceptors (Lipinski definition) is 2. The van der Waals surface area contributed by atoms with Gasteiger partial charge in [-0.3, -0.25) is 0 Å². The van der Waals surface area contributed by atoms with Crippen LogP contribution in [0.3, 0.4) is 0 Å². The highest BCUT2D eigenvalue weighted by Crippen LogP contribution is 2.51. The predicted molar refractivity (Wildman–Crippen MR) is 131 cm³/mol. The molecule has 0 unspecified atom stereocenters. The molecule has 1 heterocycles. The van der Waals surface area contributed by atoms with E-state index in [1.165, 1.54) is 27.6 Å². The van der Waals surface area contributed by atoms with Crippen LogP contribution in [-0.4, -0.2) is 0 Å². The first-order chi connectivity index (χ1) is 14.7. The standard InChI is InChI=1S/C24H19NO.2C2H6/c1-16-10-12-21-23(14-16)26-24-15-17(2)11-13-22(24)25(21)20-9-5-7-18-6-3-4-8-19(18)20;2*1-2/h3-15H,1-2H3;2*1-2H3. The van der Waals surface area contributed by atoms with E-state index in [-0.39, 0.29) is 0 Å². The first-order valence-corrected chi connectivity index (χ1v) is 10.9. The molecule has 0 atom stereocenters.